The Balaban J connectivity index is 2.25. The van der Waals surface area contributed by atoms with Crippen molar-refractivity contribution in [3.8, 4) is 11.5 Å². The summed E-state index contributed by atoms with van der Waals surface area (Å²) in [5.74, 6) is -1.03. The van der Waals surface area contributed by atoms with Gasteiger partial charge in [0.1, 0.15) is 0 Å². The summed E-state index contributed by atoms with van der Waals surface area (Å²) in [5.41, 5.74) is 3.15. The lowest BCUT2D eigenvalue weighted by atomic mass is 10.2. The molecule has 0 bridgehead atoms. The van der Waals surface area contributed by atoms with E-state index < -0.39 is 18.0 Å². The normalized spacial score (nSPS) is 11.8. The highest BCUT2D eigenvalue weighted by atomic mass is 79.9. The molecule has 0 aliphatic carbocycles. The van der Waals surface area contributed by atoms with Crippen LogP contribution in [0.25, 0.3) is 0 Å². The van der Waals surface area contributed by atoms with E-state index in [0.717, 1.165) is 0 Å². The number of nitrogens with one attached hydrogen (secondary N) is 1. The number of hydrazone groups is 1. The van der Waals surface area contributed by atoms with Gasteiger partial charge in [0.15, 0.2) is 17.6 Å². The first-order chi connectivity index (χ1) is 12.4. The SMILES string of the molecule is COc1cc(Br)cc(/C=N/NC(=O)c2cccnc2)c1OC(C)C(=O)O. The summed E-state index contributed by atoms with van der Waals surface area (Å²) in [6.45, 7) is 1.40. The van der Waals surface area contributed by atoms with Crippen LogP contribution in [0, 0.1) is 0 Å². The molecule has 1 atom stereocenters. The standard InChI is InChI=1S/C17H16BrN3O5/c1-10(17(23)24)26-15-12(6-13(18)7-14(15)25-2)9-20-21-16(22)11-4-3-5-19-8-11/h3-10H,1-2H3,(H,21,22)(H,23,24)/b20-9+. The van der Waals surface area contributed by atoms with E-state index in [9.17, 15) is 9.59 Å². The Morgan fingerprint density at radius 2 is 2.19 bits per heavy atom. The fourth-order valence-corrected chi connectivity index (χ4v) is 2.37. The molecule has 8 nitrogen and oxygen atoms in total. The van der Waals surface area contributed by atoms with E-state index in [2.05, 4.69) is 31.4 Å². The van der Waals surface area contributed by atoms with E-state index in [4.69, 9.17) is 14.6 Å². The number of ether oxygens (including phenoxy) is 2. The van der Waals surface area contributed by atoms with E-state index in [-0.39, 0.29) is 5.75 Å². The van der Waals surface area contributed by atoms with E-state index in [1.54, 1.807) is 30.5 Å². The highest BCUT2D eigenvalue weighted by Crippen LogP contribution is 2.34. The first-order valence-corrected chi connectivity index (χ1v) is 8.22. The maximum Gasteiger partial charge on any atom is 0.344 e. The molecule has 0 aliphatic rings. The molecular formula is C17H16BrN3O5. The molecule has 2 aromatic rings. The van der Waals surface area contributed by atoms with Gasteiger partial charge in [-0.05, 0) is 31.2 Å². The van der Waals surface area contributed by atoms with E-state index in [1.807, 2.05) is 0 Å². The van der Waals surface area contributed by atoms with Crippen LogP contribution in [0.15, 0.2) is 46.2 Å². The second-order valence-electron chi connectivity index (χ2n) is 5.07. The van der Waals surface area contributed by atoms with Crippen LogP contribution in [0.5, 0.6) is 11.5 Å². The number of rotatable bonds is 7. The molecule has 1 aromatic carbocycles. The van der Waals surface area contributed by atoms with Gasteiger partial charge in [-0.3, -0.25) is 9.78 Å². The second kappa shape index (κ2) is 8.95. The largest absolute Gasteiger partial charge is 0.493 e. The van der Waals surface area contributed by atoms with Gasteiger partial charge < -0.3 is 14.6 Å². The number of carbonyl (C=O) groups excluding carboxylic acids is 1. The van der Waals surface area contributed by atoms with Gasteiger partial charge in [0.25, 0.3) is 5.91 Å². The van der Waals surface area contributed by atoms with Crippen LogP contribution in [-0.2, 0) is 4.79 Å². The van der Waals surface area contributed by atoms with Crippen molar-refractivity contribution < 1.29 is 24.2 Å². The highest BCUT2D eigenvalue weighted by Gasteiger charge is 2.19. The second-order valence-corrected chi connectivity index (χ2v) is 5.98. The topological polar surface area (TPSA) is 110 Å². The van der Waals surface area contributed by atoms with Crippen molar-refractivity contribution in [1.82, 2.24) is 10.4 Å². The third kappa shape index (κ3) is 5.03. The molecule has 0 fully saturated rings. The Hall–Kier alpha value is -2.94. The van der Waals surface area contributed by atoms with Crippen molar-refractivity contribution in [2.24, 2.45) is 5.10 Å². The lowest BCUT2D eigenvalue weighted by molar-refractivity contribution is -0.144. The molecule has 2 N–H and O–H groups in total. The van der Waals surface area contributed by atoms with E-state index in [1.165, 1.54) is 26.4 Å². The van der Waals surface area contributed by atoms with Gasteiger partial charge in [0.05, 0.1) is 18.9 Å². The van der Waals surface area contributed by atoms with Crippen molar-refractivity contribution in [2.75, 3.05) is 7.11 Å². The smallest absolute Gasteiger partial charge is 0.344 e. The number of methoxy groups -OCH3 is 1. The molecule has 2 rings (SSSR count). The molecule has 1 heterocycles. The molecule has 0 spiro atoms. The minimum atomic E-state index is -1.12. The van der Waals surface area contributed by atoms with Crippen LogP contribution < -0.4 is 14.9 Å². The molecule has 0 aliphatic heterocycles. The van der Waals surface area contributed by atoms with Gasteiger partial charge in [0, 0.05) is 22.4 Å². The molecule has 1 aromatic heterocycles. The Labute approximate surface area is 158 Å². The average molecular weight is 422 g/mol. The van der Waals surface area contributed by atoms with Crippen LogP contribution >= 0.6 is 15.9 Å². The number of halogens is 1. The first-order valence-electron chi connectivity index (χ1n) is 7.42. The van der Waals surface area contributed by atoms with Crippen LogP contribution in [0.3, 0.4) is 0 Å². The lowest BCUT2D eigenvalue weighted by Crippen LogP contribution is -2.24. The van der Waals surface area contributed by atoms with Crippen molar-refractivity contribution in [3.05, 3.63) is 52.3 Å². The van der Waals surface area contributed by atoms with Crippen LogP contribution in [0.1, 0.15) is 22.8 Å². The molecule has 9 heteroatoms. The van der Waals surface area contributed by atoms with Gasteiger partial charge in [0.2, 0.25) is 0 Å². The molecule has 0 radical (unpaired) electrons. The number of aliphatic carboxylic acids is 1. The van der Waals surface area contributed by atoms with Crippen LogP contribution in [0.2, 0.25) is 0 Å². The fourth-order valence-electron chi connectivity index (χ4n) is 1.91. The third-order valence-electron chi connectivity index (χ3n) is 3.20. The number of carbonyl (C=O) groups is 2. The molecule has 1 amide bonds. The average Bonchev–Trinajstić information content (AvgIpc) is 2.63. The summed E-state index contributed by atoms with van der Waals surface area (Å²) in [5, 5.41) is 12.9. The number of hydrogen-bond acceptors (Lipinski definition) is 6. The summed E-state index contributed by atoms with van der Waals surface area (Å²) >= 11 is 3.33. The number of amides is 1. The Kier molecular flexibility index (Phi) is 6.67. The van der Waals surface area contributed by atoms with Gasteiger partial charge in [-0.1, -0.05) is 15.9 Å². The van der Waals surface area contributed by atoms with Crippen molar-refractivity contribution in [1.29, 1.82) is 0 Å². The Morgan fingerprint density at radius 1 is 1.42 bits per heavy atom. The van der Waals surface area contributed by atoms with Crippen molar-refractivity contribution in [3.63, 3.8) is 0 Å². The number of pyridine rings is 1. The van der Waals surface area contributed by atoms with Crippen LogP contribution in [-0.4, -0.2) is 41.4 Å². The number of hydrogen-bond donors (Lipinski definition) is 2. The number of benzene rings is 1. The predicted molar refractivity (Wildman–Crippen MR) is 97.7 cm³/mol. The van der Waals surface area contributed by atoms with Crippen LogP contribution in [0.4, 0.5) is 0 Å². The maximum absolute atomic E-state index is 12.0. The van der Waals surface area contributed by atoms with Crippen molar-refractivity contribution >= 4 is 34.0 Å². The molecule has 136 valence electrons. The zero-order chi connectivity index (χ0) is 19.1. The zero-order valence-corrected chi connectivity index (χ0v) is 15.6. The molecule has 26 heavy (non-hydrogen) atoms. The fraction of sp³-hybridized carbons (Fsp3) is 0.176. The van der Waals surface area contributed by atoms with E-state index >= 15 is 0 Å². The van der Waals surface area contributed by atoms with E-state index in [0.29, 0.717) is 21.3 Å². The van der Waals surface area contributed by atoms with Gasteiger partial charge in [-0.2, -0.15) is 5.10 Å². The Bertz CT molecular complexity index is 827. The summed E-state index contributed by atoms with van der Waals surface area (Å²) in [6, 6.07) is 6.53. The number of carboxylic acid groups (broad SMARTS) is 1. The summed E-state index contributed by atoms with van der Waals surface area (Å²) in [7, 11) is 1.44. The predicted octanol–water partition coefficient (Wildman–Crippen LogP) is 2.47. The minimum absolute atomic E-state index is 0.199. The third-order valence-corrected chi connectivity index (χ3v) is 3.66. The van der Waals surface area contributed by atoms with Gasteiger partial charge in [-0.15, -0.1) is 0 Å². The van der Waals surface area contributed by atoms with Gasteiger partial charge >= 0.3 is 5.97 Å². The number of nitrogens with zero attached hydrogens (tertiary/aromatic N) is 2. The minimum Gasteiger partial charge on any atom is -0.493 e. The van der Waals surface area contributed by atoms with Crippen molar-refractivity contribution in [2.45, 2.75) is 13.0 Å². The highest BCUT2D eigenvalue weighted by molar-refractivity contribution is 9.10. The zero-order valence-electron chi connectivity index (χ0n) is 14.0. The lowest BCUT2D eigenvalue weighted by Gasteiger charge is -2.16. The molecule has 1 unspecified atom stereocenters. The molecule has 0 saturated heterocycles. The summed E-state index contributed by atoms with van der Waals surface area (Å²) in [6.07, 6.45) is 3.21. The molecule has 0 saturated carbocycles. The Morgan fingerprint density at radius 3 is 2.81 bits per heavy atom. The number of aromatic nitrogens is 1. The summed E-state index contributed by atoms with van der Waals surface area (Å²) in [4.78, 5) is 26.9. The first kappa shape index (κ1) is 19.4. The van der Waals surface area contributed by atoms with Gasteiger partial charge in [-0.25, -0.2) is 10.2 Å². The molecular weight excluding hydrogens is 406 g/mol. The summed E-state index contributed by atoms with van der Waals surface area (Å²) < 4.78 is 11.4. The monoisotopic (exact) mass is 421 g/mol. The number of carboxylic acids is 1. The quantitative estimate of drug-likeness (QED) is 0.524. The maximum atomic E-state index is 12.0.